The summed E-state index contributed by atoms with van der Waals surface area (Å²) in [5.74, 6) is -1.87. The van der Waals surface area contributed by atoms with Crippen molar-refractivity contribution < 1.29 is 29.1 Å². The number of phenols is 1. The van der Waals surface area contributed by atoms with E-state index in [9.17, 15) is 29.1 Å². The predicted octanol–water partition coefficient (Wildman–Crippen LogP) is 3.03. The Morgan fingerprint density at radius 2 is 1.82 bits per heavy atom. The quantitative estimate of drug-likeness (QED) is 0.313. The summed E-state index contributed by atoms with van der Waals surface area (Å²) in [5, 5.41) is 29.0. The summed E-state index contributed by atoms with van der Waals surface area (Å²) in [6, 6.07) is 20.3. The summed E-state index contributed by atoms with van der Waals surface area (Å²) in [6.07, 6.45) is 0.412. The van der Waals surface area contributed by atoms with Crippen LogP contribution in [0.1, 0.15) is 33.9 Å². The first-order valence-electron chi connectivity index (χ1n) is 12.3. The van der Waals surface area contributed by atoms with Gasteiger partial charge in [-0.15, -0.1) is 0 Å². The van der Waals surface area contributed by atoms with Crippen molar-refractivity contribution in [2.24, 2.45) is 0 Å². The number of nitrogens with one attached hydrogen (secondary N) is 1. The lowest BCUT2D eigenvalue weighted by Gasteiger charge is -2.32. The number of likely N-dealkylation sites (tertiary alicyclic amines) is 1. The van der Waals surface area contributed by atoms with Gasteiger partial charge in [-0.3, -0.25) is 9.69 Å². The number of carboxylic acids is 1. The van der Waals surface area contributed by atoms with Gasteiger partial charge in [0.2, 0.25) is 5.91 Å². The molecule has 1 aliphatic heterocycles. The van der Waals surface area contributed by atoms with Gasteiger partial charge in [0.05, 0.1) is 29.1 Å². The molecule has 4 rings (SSSR count). The average Bonchev–Trinajstić information content (AvgIpc) is 3.33. The topological polar surface area (TPSA) is 130 Å². The zero-order chi connectivity index (χ0) is 27.2. The number of carboxylic acid groups (broad SMARTS) is 1. The number of hydrogen-bond acceptors (Lipinski definition) is 6. The van der Waals surface area contributed by atoms with E-state index in [1.807, 2.05) is 30.3 Å². The fraction of sp³-hybridized carbons (Fsp3) is 0.286. The van der Waals surface area contributed by atoms with Crippen molar-refractivity contribution in [2.75, 3.05) is 31.4 Å². The Kier molecular flexibility index (Phi) is 8.77. The first-order chi connectivity index (χ1) is 18.2. The molecule has 0 spiro atoms. The number of aliphatic hydroxyl groups is 1. The summed E-state index contributed by atoms with van der Waals surface area (Å²) in [5.41, 5.74) is 1.77. The van der Waals surface area contributed by atoms with Crippen LogP contribution in [0, 0.1) is 0 Å². The van der Waals surface area contributed by atoms with Crippen molar-refractivity contribution in [1.82, 2.24) is 9.80 Å². The second kappa shape index (κ2) is 12.2. The molecular formula is C28H31N3O6S. The van der Waals surface area contributed by atoms with Crippen LogP contribution in [-0.4, -0.2) is 74.0 Å². The number of aromatic carboxylic acids is 1. The molecule has 3 aromatic rings. The zero-order valence-corrected chi connectivity index (χ0v) is 21.8. The van der Waals surface area contributed by atoms with Crippen molar-refractivity contribution >= 4 is 28.5 Å². The third-order valence-corrected chi connectivity index (χ3v) is 7.79. The highest BCUT2D eigenvalue weighted by Crippen LogP contribution is 2.26. The lowest BCUT2D eigenvalue weighted by Crippen LogP contribution is -2.39. The van der Waals surface area contributed by atoms with Gasteiger partial charge in [0.25, 0.3) is 0 Å². The van der Waals surface area contributed by atoms with Crippen molar-refractivity contribution in [3.8, 4) is 5.75 Å². The van der Waals surface area contributed by atoms with Crippen LogP contribution < -0.4 is 4.72 Å². The van der Waals surface area contributed by atoms with Gasteiger partial charge < -0.3 is 24.9 Å². The van der Waals surface area contributed by atoms with Gasteiger partial charge in [-0.2, -0.15) is 0 Å². The number of nitrogens with zero attached hydrogens (tertiary/aromatic N) is 2. The molecule has 1 heterocycles. The minimum atomic E-state index is -1.83. The third kappa shape index (κ3) is 6.58. The van der Waals surface area contributed by atoms with E-state index in [0.29, 0.717) is 30.8 Å². The van der Waals surface area contributed by atoms with Crippen molar-refractivity contribution in [1.29, 1.82) is 0 Å². The minimum Gasteiger partial charge on any atom is -0.507 e. The Labute approximate surface area is 223 Å². The van der Waals surface area contributed by atoms with E-state index in [-0.39, 0.29) is 34.9 Å². The molecule has 2 unspecified atom stereocenters. The smallest absolute Gasteiger partial charge is 0.339 e. The third-order valence-electron chi connectivity index (χ3n) is 6.70. The molecule has 10 heteroatoms. The summed E-state index contributed by atoms with van der Waals surface area (Å²) in [6.45, 7) is 1.94. The van der Waals surface area contributed by atoms with Crippen molar-refractivity contribution in [3.05, 3.63) is 89.5 Å². The Balaban J connectivity index is 1.51. The summed E-state index contributed by atoms with van der Waals surface area (Å²) < 4.78 is 15.9. The molecule has 9 nitrogen and oxygen atoms in total. The molecule has 3 aromatic carbocycles. The van der Waals surface area contributed by atoms with Crippen LogP contribution in [0.4, 0.5) is 5.69 Å². The molecule has 1 fully saturated rings. The number of aromatic hydroxyl groups is 1. The Bertz CT molecular complexity index is 1320. The van der Waals surface area contributed by atoms with Crippen LogP contribution >= 0.6 is 0 Å². The van der Waals surface area contributed by atoms with Gasteiger partial charge in [0.1, 0.15) is 22.3 Å². The molecule has 1 saturated heterocycles. The number of β-amino-alcohol motifs (C(OH)–C–C–N with tert-alkyl or cyclic N) is 1. The predicted molar refractivity (Wildman–Crippen MR) is 144 cm³/mol. The molecule has 0 bridgehead atoms. The fourth-order valence-corrected chi connectivity index (χ4v) is 5.48. The number of likely N-dealkylation sites (N-methyl/N-ethyl adjacent to an activating group) is 1. The molecule has 3 atom stereocenters. The molecule has 1 amide bonds. The van der Waals surface area contributed by atoms with Crippen LogP contribution in [0.5, 0.6) is 5.75 Å². The summed E-state index contributed by atoms with van der Waals surface area (Å²) in [4.78, 5) is 28.9. The monoisotopic (exact) mass is 537 g/mol. The van der Waals surface area contributed by atoms with Crippen molar-refractivity contribution in [3.63, 3.8) is 0 Å². The molecule has 0 aliphatic carbocycles. The maximum absolute atomic E-state index is 13.5. The second-order valence-electron chi connectivity index (χ2n) is 9.32. The molecule has 0 radical (unpaired) electrons. The average molecular weight is 538 g/mol. The van der Waals surface area contributed by atoms with E-state index in [1.54, 1.807) is 36.2 Å². The fourth-order valence-electron chi connectivity index (χ4n) is 4.55. The van der Waals surface area contributed by atoms with Gasteiger partial charge in [-0.1, -0.05) is 48.5 Å². The molecule has 200 valence electrons. The Morgan fingerprint density at radius 1 is 1.11 bits per heavy atom. The largest absolute Gasteiger partial charge is 0.507 e. The van der Waals surface area contributed by atoms with E-state index >= 15 is 0 Å². The van der Waals surface area contributed by atoms with Gasteiger partial charge in [0, 0.05) is 26.7 Å². The van der Waals surface area contributed by atoms with Gasteiger partial charge in [-0.25, -0.2) is 9.00 Å². The van der Waals surface area contributed by atoms with Crippen molar-refractivity contribution in [2.45, 2.75) is 29.9 Å². The van der Waals surface area contributed by atoms with Crippen LogP contribution in [0.2, 0.25) is 0 Å². The summed E-state index contributed by atoms with van der Waals surface area (Å²) >= 11 is 0. The number of para-hydroxylation sites is 1. The van der Waals surface area contributed by atoms with E-state index in [4.69, 9.17) is 0 Å². The van der Waals surface area contributed by atoms with Crippen LogP contribution in [0.15, 0.2) is 77.7 Å². The molecule has 0 aromatic heterocycles. The van der Waals surface area contributed by atoms with E-state index in [1.165, 1.54) is 12.1 Å². The first-order valence-corrected chi connectivity index (χ1v) is 13.4. The van der Waals surface area contributed by atoms with Crippen LogP contribution in [0.3, 0.4) is 0 Å². The number of benzene rings is 3. The maximum atomic E-state index is 13.5. The van der Waals surface area contributed by atoms with E-state index in [0.717, 1.165) is 18.2 Å². The Morgan fingerprint density at radius 3 is 2.50 bits per heavy atom. The van der Waals surface area contributed by atoms with E-state index in [2.05, 4.69) is 9.62 Å². The van der Waals surface area contributed by atoms with E-state index < -0.39 is 22.7 Å². The number of carbonyl (C=O) groups is 2. The molecule has 1 aliphatic rings. The molecular weight excluding hydrogens is 506 g/mol. The molecule has 38 heavy (non-hydrogen) atoms. The van der Waals surface area contributed by atoms with Crippen LogP contribution in [-0.2, 0) is 22.2 Å². The van der Waals surface area contributed by atoms with Crippen LogP contribution in [0.25, 0.3) is 0 Å². The number of anilines is 1. The minimum absolute atomic E-state index is 0.0544. The number of aliphatic hydroxyl groups excluding tert-OH is 1. The number of carbonyl (C=O) groups excluding carboxylic acids is 1. The number of amides is 1. The lowest BCUT2D eigenvalue weighted by atomic mass is 10.0. The standard InChI is InChI=1S/C28H31N3O6S/c1-30(25(19-7-3-2-4-8-19)18-31-14-13-21(32)17-31)27(34)15-20-9-5-6-10-24(20)29-38(37)22-11-12-26(33)23(16-22)28(35)36/h2-12,16,21,25,29,32-33H,13-15,17-18H2,1H3,(H,35,36)/t21?,25-,38?/m1/s1. The molecule has 4 N–H and O–H groups in total. The molecule has 0 saturated carbocycles. The van der Waals surface area contributed by atoms with Gasteiger partial charge >= 0.3 is 5.97 Å². The Hall–Kier alpha value is -3.73. The number of rotatable bonds is 10. The second-order valence-corrected chi connectivity index (χ2v) is 10.5. The normalized spacial score (nSPS) is 17.1. The van der Waals surface area contributed by atoms with Gasteiger partial charge in [0.15, 0.2) is 0 Å². The summed E-state index contributed by atoms with van der Waals surface area (Å²) in [7, 11) is -0.0619. The van der Waals surface area contributed by atoms with Gasteiger partial charge in [-0.05, 0) is 41.8 Å². The first kappa shape index (κ1) is 27.3. The lowest BCUT2D eigenvalue weighted by molar-refractivity contribution is -0.131. The number of hydrogen-bond donors (Lipinski definition) is 4. The SMILES string of the molecule is CN(C(=O)Cc1ccccc1NS(=O)c1ccc(O)c(C(=O)O)c1)[C@H](CN1CCC(O)C1)c1ccccc1. The zero-order valence-electron chi connectivity index (χ0n) is 21.0. The highest BCUT2D eigenvalue weighted by Gasteiger charge is 2.28. The highest BCUT2D eigenvalue weighted by atomic mass is 32.2. The highest BCUT2D eigenvalue weighted by molar-refractivity contribution is 7.86. The maximum Gasteiger partial charge on any atom is 0.339 e.